The molecule has 0 saturated heterocycles. The number of hydrogen-bond donors (Lipinski definition) is 0. The van der Waals surface area contributed by atoms with Crippen LogP contribution in [0.3, 0.4) is 0 Å². The van der Waals surface area contributed by atoms with E-state index >= 15 is 0 Å². The highest BCUT2D eigenvalue weighted by molar-refractivity contribution is 6.13. The third-order valence-electron chi connectivity index (χ3n) is 11.6. The molecule has 0 radical (unpaired) electrons. The predicted octanol–water partition coefficient (Wildman–Crippen LogP) is 13.8. The minimum atomic E-state index is 0.385. The van der Waals surface area contributed by atoms with Gasteiger partial charge in [-0.05, 0) is 137 Å². The van der Waals surface area contributed by atoms with Crippen molar-refractivity contribution < 1.29 is 0 Å². The molecule has 0 atom stereocenters. The van der Waals surface area contributed by atoms with Crippen molar-refractivity contribution in [2.45, 2.75) is 6.92 Å². The average Bonchev–Trinajstić information content (AvgIpc) is 3.84. The van der Waals surface area contributed by atoms with E-state index in [2.05, 4.69) is 85.6 Å². The lowest BCUT2D eigenvalue weighted by Crippen LogP contribution is -2.05. The standard InChI is InChI=1S/C55H28N8/c1-33-16-34(29-56)20-42(17-33)55-53(62-49-10-6-4-8-45(49)47-27-38(12-14-51(47)62)40-18-35(30-57)21-43(25-40)60-2)23-37(32-59)24-54(55)63-50-11-7-5-9-46(50)48-28-39(13-15-52(48)63)41-19-36(31-58)22-44(26-41)61-3/h4-28H,1H3. The molecule has 0 saturated carbocycles. The molecular weight excluding hydrogens is 773 g/mol. The SMILES string of the molecule is [C-]#[N+]c1cc(C#N)cc(-c2ccc3c(c2)c2ccccc2n3-c2cc(C#N)cc(-n3c4ccccc4c4cc(-c5cc(C#N)cc([N+]#[C-])c5)ccc43)c2-c2cc(C)cc(C#N)c2)c1. The van der Waals surface area contributed by atoms with Crippen molar-refractivity contribution in [1.29, 1.82) is 21.0 Å². The molecular formula is C55H28N8. The Morgan fingerprint density at radius 2 is 0.810 bits per heavy atom. The second kappa shape index (κ2) is 14.8. The maximum atomic E-state index is 10.8. The first-order valence-corrected chi connectivity index (χ1v) is 19.9. The zero-order valence-corrected chi connectivity index (χ0v) is 33.5. The van der Waals surface area contributed by atoms with E-state index in [-0.39, 0.29) is 0 Å². The fourth-order valence-corrected chi connectivity index (χ4v) is 8.95. The van der Waals surface area contributed by atoms with Crippen LogP contribution in [-0.2, 0) is 0 Å². The third kappa shape index (κ3) is 6.18. The van der Waals surface area contributed by atoms with Crippen LogP contribution in [-0.4, -0.2) is 9.13 Å². The molecule has 8 heteroatoms. The number of nitrogens with zero attached hydrogens (tertiary/aromatic N) is 8. The minimum absolute atomic E-state index is 0.385. The topological polar surface area (TPSA) is 114 Å². The molecule has 288 valence electrons. The minimum Gasteiger partial charge on any atom is -0.308 e. The zero-order chi connectivity index (χ0) is 43.4. The Kier molecular flexibility index (Phi) is 8.85. The monoisotopic (exact) mass is 800 g/mol. The van der Waals surface area contributed by atoms with Gasteiger partial charge in [-0.2, -0.15) is 21.0 Å². The van der Waals surface area contributed by atoms with Crippen LogP contribution in [0.25, 0.3) is 98.1 Å². The number of hydrogen-bond acceptors (Lipinski definition) is 4. The molecule has 0 aliphatic rings. The molecule has 0 aliphatic carbocycles. The summed E-state index contributed by atoms with van der Waals surface area (Å²) in [5.74, 6) is 0. The summed E-state index contributed by atoms with van der Waals surface area (Å²) in [4.78, 5) is 7.24. The molecule has 0 amide bonds. The molecule has 2 heterocycles. The van der Waals surface area contributed by atoms with Gasteiger partial charge in [0.1, 0.15) is 0 Å². The van der Waals surface area contributed by atoms with Crippen molar-refractivity contribution in [3.05, 3.63) is 202 Å². The van der Waals surface area contributed by atoms with E-state index in [4.69, 9.17) is 13.1 Å². The van der Waals surface area contributed by atoms with Crippen LogP contribution in [0.2, 0.25) is 0 Å². The van der Waals surface area contributed by atoms with Crippen LogP contribution < -0.4 is 0 Å². The van der Waals surface area contributed by atoms with E-state index in [1.54, 1.807) is 36.4 Å². The van der Waals surface area contributed by atoms with Crippen molar-refractivity contribution in [3.63, 3.8) is 0 Å². The van der Waals surface area contributed by atoms with E-state index in [0.29, 0.717) is 33.6 Å². The van der Waals surface area contributed by atoms with Crippen LogP contribution in [0, 0.1) is 65.4 Å². The van der Waals surface area contributed by atoms with Gasteiger partial charge in [0.15, 0.2) is 11.4 Å². The number of rotatable bonds is 5. The lowest BCUT2D eigenvalue weighted by Gasteiger charge is -2.21. The lowest BCUT2D eigenvalue weighted by molar-refractivity contribution is 1.13. The van der Waals surface area contributed by atoms with E-state index < -0.39 is 0 Å². The highest BCUT2D eigenvalue weighted by atomic mass is 15.0. The molecule has 0 bridgehead atoms. The first-order valence-electron chi connectivity index (χ1n) is 19.9. The molecule has 10 rings (SSSR count). The van der Waals surface area contributed by atoms with Gasteiger partial charge in [-0.15, -0.1) is 0 Å². The number of para-hydroxylation sites is 2. The molecule has 10 aromatic rings. The van der Waals surface area contributed by atoms with Gasteiger partial charge in [0.25, 0.3) is 0 Å². The molecule has 0 N–H and O–H groups in total. The normalized spacial score (nSPS) is 10.8. The van der Waals surface area contributed by atoms with Gasteiger partial charge in [0, 0.05) is 38.2 Å². The van der Waals surface area contributed by atoms with E-state index in [0.717, 1.165) is 93.9 Å². The summed E-state index contributed by atoms with van der Waals surface area (Å²) in [7, 11) is 0. The summed E-state index contributed by atoms with van der Waals surface area (Å²) < 4.78 is 4.36. The summed E-state index contributed by atoms with van der Waals surface area (Å²) in [6.45, 7) is 17.3. The lowest BCUT2D eigenvalue weighted by atomic mass is 9.95. The quantitative estimate of drug-likeness (QED) is 0.161. The average molecular weight is 801 g/mol. The number of aromatic nitrogens is 2. The third-order valence-corrected chi connectivity index (χ3v) is 11.6. The zero-order valence-electron chi connectivity index (χ0n) is 33.5. The summed E-state index contributed by atoms with van der Waals surface area (Å²) in [5.41, 5.74) is 13.3. The predicted molar refractivity (Wildman–Crippen MR) is 248 cm³/mol. The highest BCUT2D eigenvalue weighted by Crippen LogP contribution is 2.44. The number of benzene rings is 8. The molecule has 0 spiro atoms. The molecule has 2 aromatic heterocycles. The van der Waals surface area contributed by atoms with Gasteiger partial charge in [0.05, 0.1) is 82.0 Å². The Morgan fingerprint density at radius 3 is 1.27 bits per heavy atom. The summed E-state index contributed by atoms with van der Waals surface area (Å²) in [6, 6.07) is 57.7. The maximum absolute atomic E-state index is 10.8. The van der Waals surface area contributed by atoms with Gasteiger partial charge in [-0.25, -0.2) is 9.69 Å². The van der Waals surface area contributed by atoms with Crippen LogP contribution in [0.5, 0.6) is 0 Å². The van der Waals surface area contributed by atoms with Gasteiger partial charge < -0.3 is 9.13 Å². The molecule has 8 aromatic carbocycles. The summed E-state index contributed by atoms with van der Waals surface area (Å²) >= 11 is 0. The largest absolute Gasteiger partial charge is 0.308 e. The Morgan fingerprint density at radius 1 is 0.397 bits per heavy atom. The van der Waals surface area contributed by atoms with Crippen molar-refractivity contribution in [2.24, 2.45) is 0 Å². The molecule has 0 fully saturated rings. The highest BCUT2D eigenvalue weighted by Gasteiger charge is 2.24. The second-order valence-electron chi connectivity index (χ2n) is 15.4. The van der Waals surface area contributed by atoms with Gasteiger partial charge >= 0.3 is 0 Å². The van der Waals surface area contributed by atoms with Crippen molar-refractivity contribution in [3.8, 4) is 69.0 Å². The Bertz CT molecular complexity index is 3610. The first-order chi connectivity index (χ1) is 30.8. The number of fused-ring (bicyclic) bond motifs is 6. The van der Waals surface area contributed by atoms with E-state index in [9.17, 15) is 21.0 Å². The van der Waals surface area contributed by atoms with Gasteiger partial charge in [-0.1, -0.05) is 54.6 Å². The Balaban J connectivity index is 1.31. The summed E-state index contributed by atoms with van der Waals surface area (Å²) in [6.07, 6.45) is 0. The second-order valence-corrected chi connectivity index (χ2v) is 15.4. The van der Waals surface area contributed by atoms with Crippen molar-refractivity contribution >= 4 is 55.0 Å². The maximum Gasteiger partial charge on any atom is 0.189 e. The fourth-order valence-electron chi connectivity index (χ4n) is 8.95. The van der Waals surface area contributed by atoms with Crippen LogP contribution in [0.1, 0.15) is 27.8 Å². The Hall–Kier alpha value is -9.70. The molecule has 0 unspecified atom stereocenters. The smallest absolute Gasteiger partial charge is 0.189 e. The molecule has 0 aliphatic heterocycles. The van der Waals surface area contributed by atoms with E-state index in [1.807, 2.05) is 79.7 Å². The van der Waals surface area contributed by atoms with Crippen LogP contribution in [0.15, 0.2) is 152 Å². The van der Waals surface area contributed by atoms with Crippen LogP contribution >= 0.6 is 0 Å². The summed E-state index contributed by atoms with van der Waals surface area (Å²) in [5, 5.41) is 44.5. The molecule has 63 heavy (non-hydrogen) atoms. The van der Waals surface area contributed by atoms with Gasteiger partial charge in [-0.3, -0.25) is 0 Å². The van der Waals surface area contributed by atoms with Crippen molar-refractivity contribution in [1.82, 2.24) is 9.13 Å². The van der Waals surface area contributed by atoms with E-state index in [1.165, 1.54) is 0 Å². The Labute approximate surface area is 362 Å². The first kappa shape index (κ1) is 37.6. The number of aryl methyl sites for hydroxylation is 1. The van der Waals surface area contributed by atoms with Gasteiger partial charge in [0.2, 0.25) is 0 Å². The van der Waals surface area contributed by atoms with Crippen molar-refractivity contribution in [2.75, 3.05) is 0 Å². The molecule has 8 nitrogen and oxygen atoms in total. The van der Waals surface area contributed by atoms with Crippen LogP contribution in [0.4, 0.5) is 11.4 Å². The number of nitriles is 4. The fraction of sp³-hybridized carbons (Fsp3) is 0.0182.